The molecule has 0 radical (unpaired) electrons. The molecule has 0 saturated heterocycles. The summed E-state index contributed by atoms with van der Waals surface area (Å²) in [6.07, 6.45) is 3.09. The molecule has 0 saturated carbocycles. The van der Waals surface area contributed by atoms with Gasteiger partial charge in [-0.2, -0.15) is 0 Å². The highest BCUT2D eigenvalue weighted by Gasteiger charge is 2.27. The second-order valence-corrected chi connectivity index (χ2v) is 7.58. The van der Waals surface area contributed by atoms with Crippen LogP contribution in [0.4, 0.5) is 0 Å². The Morgan fingerprint density at radius 1 is 0.586 bits per heavy atom. The average molecular weight is 374 g/mol. The van der Waals surface area contributed by atoms with E-state index in [1.165, 1.54) is 22.3 Å². The van der Waals surface area contributed by atoms with Gasteiger partial charge in [0.15, 0.2) is 5.78 Å². The SMILES string of the molecule is O=C(c1ccccc1)c1c(-c2ccccc2)cc(-c2ccccc2)c2c1CCC2. The normalized spacial score (nSPS) is 12.6. The number of ketones is 1. The maximum Gasteiger partial charge on any atom is 0.193 e. The Morgan fingerprint density at radius 3 is 1.72 bits per heavy atom. The van der Waals surface area contributed by atoms with E-state index >= 15 is 0 Å². The number of benzene rings is 4. The second kappa shape index (κ2) is 7.52. The van der Waals surface area contributed by atoms with Gasteiger partial charge >= 0.3 is 0 Å². The van der Waals surface area contributed by atoms with E-state index in [0.717, 1.165) is 41.5 Å². The molecule has 1 aliphatic rings. The van der Waals surface area contributed by atoms with Crippen molar-refractivity contribution < 1.29 is 4.79 Å². The van der Waals surface area contributed by atoms with E-state index in [4.69, 9.17) is 0 Å². The quantitative estimate of drug-likeness (QED) is 0.362. The topological polar surface area (TPSA) is 17.1 Å². The van der Waals surface area contributed by atoms with Gasteiger partial charge in [0.2, 0.25) is 0 Å². The van der Waals surface area contributed by atoms with Crippen LogP contribution in [0.1, 0.15) is 33.5 Å². The lowest BCUT2D eigenvalue weighted by atomic mass is 9.84. The number of rotatable bonds is 4. The summed E-state index contributed by atoms with van der Waals surface area (Å²) in [5, 5.41) is 0. The first-order valence-corrected chi connectivity index (χ1v) is 10.2. The molecule has 0 atom stereocenters. The zero-order chi connectivity index (χ0) is 19.6. The van der Waals surface area contributed by atoms with Gasteiger partial charge in [-0.25, -0.2) is 0 Å². The first-order valence-electron chi connectivity index (χ1n) is 10.2. The minimum atomic E-state index is 0.127. The first-order chi connectivity index (χ1) is 14.3. The number of hydrogen-bond acceptors (Lipinski definition) is 1. The van der Waals surface area contributed by atoms with Crippen molar-refractivity contribution in [1.29, 1.82) is 0 Å². The van der Waals surface area contributed by atoms with Crippen molar-refractivity contribution in [2.45, 2.75) is 19.3 Å². The van der Waals surface area contributed by atoms with Crippen LogP contribution in [0.15, 0.2) is 97.1 Å². The van der Waals surface area contributed by atoms with Gasteiger partial charge in [-0.15, -0.1) is 0 Å². The maximum atomic E-state index is 13.6. The lowest BCUT2D eigenvalue weighted by Crippen LogP contribution is -2.09. The van der Waals surface area contributed by atoms with Crippen molar-refractivity contribution >= 4 is 5.78 Å². The number of carbonyl (C=O) groups is 1. The van der Waals surface area contributed by atoms with Gasteiger partial charge in [0, 0.05) is 11.1 Å². The molecule has 0 aromatic heterocycles. The third-order valence-corrected chi connectivity index (χ3v) is 5.84. The fourth-order valence-corrected chi connectivity index (χ4v) is 4.50. The molecule has 1 nitrogen and oxygen atoms in total. The van der Waals surface area contributed by atoms with E-state index in [1.54, 1.807) is 0 Å². The van der Waals surface area contributed by atoms with Crippen LogP contribution in [0, 0.1) is 0 Å². The fourth-order valence-electron chi connectivity index (χ4n) is 4.50. The van der Waals surface area contributed by atoms with Crippen molar-refractivity contribution in [2.24, 2.45) is 0 Å². The minimum Gasteiger partial charge on any atom is -0.289 e. The van der Waals surface area contributed by atoms with Crippen LogP contribution in [0.25, 0.3) is 22.3 Å². The van der Waals surface area contributed by atoms with Crippen molar-refractivity contribution in [3.05, 3.63) is 119 Å². The summed E-state index contributed by atoms with van der Waals surface area (Å²) in [4.78, 5) is 13.6. The van der Waals surface area contributed by atoms with Crippen molar-refractivity contribution in [1.82, 2.24) is 0 Å². The van der Waals surface area contributed by atoms with Gasteiger partial charge in [-0.1, -0.05) is 91.0 Å². The van der Waals surface area contributed by atoms with Crippen molar-refractivity contribution in [3.63, 3.8) is 0 Å². The number of hydrogen-bond donors (Lipinski definition) is 0. The molecule has 1 aliphatic carbocycles. The molecule has 0 fully saturated rings. The van der Waals surface area contributed by atoms with Crippen molar-refractivity contribution in [3.8, 4) is 22.3 Å². The van der Waals surface area contributed by atoms with E-state index in [-0.39, 0.29) is 5.78 Å². The maximum absolute atomic E-state index is 13.6. The van der Waals surface area contributed by atoms with Gasteiger partial charge in [0.25, 0.3) is 0 Å². The third kappa shape index (κ3) is 3.19. The van der Waals surface area contributed by atoms with Crippen LogP contribution < -0.4 is 0 Å². The second-order valence-electron chi connectivity index (χ2n) is 7.58. The molecule has 1 heteroatoms. The minimum absolute atomic E-state index is 0.127. The predicted octanol–water partition coefficient (Wildman–Crippen LogP) is 6.74. The van der Waals surface area contributed by atoms with E-state index in [2.05, 4.69) is 48.5 Å². The molecule has 0 aliphatic heterocycles. The molecule has 0 N–H and O–H groups in total. The smallest absolute Gasteiger partial charge is 0.193 e. The molecular formula is C28H22O. The summed E-state index contributed by atoms with van der Waals surface area (Å²) in [5.41, 5.74) is 8.84. The van der Waals surface area contributed by atoms with Gasteiger partial charge < -0.3 is 0 Å². The van der Waals surface area contributed by atoms with Crippen LogP contribution in [0.5, 0.6) is 0 Å². The Hall–Kier alpha value is -3.45. The predicted molar refractivity (Wildman–Crippen MR) is 119 cm³/mol. The molecule has 140 valence electrons. The molecule has 0 amide bonds. The highest BCUT2D eigenvalue weighted by atomic mass is 16.1. The first kappa shape index (κ1) is 17.6. The largest absolute Gasteiger partial charge is 0.289 e. The van der Waals surface area contributed by atoms with Gasteiger partial charge in [0.1, 0.15) is 0 Å². The highest BCUT2D eigenvalue weighted by molar-refractivity contribution is 6.14. The van der Waals surface area contributed by atoms with Gasteiger partial charge in [-0.05, 0) is 58.7 Å². The summed E-state index contributed by atoms with van der Waals surface area (Å²) < 4.78 is 0. The van der Waals surface area contributed by atoms with Crippen LogP contribution in [-0.4, -0.2) is 5.78 Å². The summed E-state index contributed by atoms with van der Waals surface area (Å²) in [6, 6.07) is 32.8. The third-order valence-electron chi connectivity index (χ3n) is 5.84. The zero-order valence-electron chi connectivity index (χ0n) is 16.3. The molecular weight excluding hydrogens is 352 g/mol. The van der Waals surface area contributed by atoms with Crippen molar-refractivity contribution in [2.75, 3.05) is 0 Å². The Kier molecular flexibility index (Phi) is 4.57. The fraction of sp³-hybridized carbons (Fsp3) is 0.107. The summed E-state index contributed by atoms with van der Waals surface area (Å²) in [7, 11) is 0. The Morgan fingerprint density at radius 2 is 1.10 bits per heavy atom. The van der Waals surface area contributed by atoms with Crippen LogP contribution in [0.3, 0.4) is 0 Å². The lowest BCUT2D eigenvalue weighted by Gasteiger charge is -2.19. The standard InChI is InChI=1S/C28H22O/c29-28(22-15-8-3-9-16-22)27-24-18-10-17-23(24)25(20-11-4-1-5-12-20)19-26(27)21-13-6-2-7-14-21/h1-9,11-16,19H,10,17-18H2. The molecule has 4 aromatic carbocycles. The van der Waals surface area contributed by atoms with Gasteiger partial charge in [-0.3, -0.25) is 4.79 Å². The molecule has 4 aromatic rings. The van der Waals surface area contributed by atoms with Crippen LogP contribution in [0.2, 0.25) is 0 Å². The molecule has 5 rings (SSSR count). The number of fused-ring (bicyclic) bond motifs is 1. The summed E-state index contributed by atoms with van der Waals surface area (Å²) >= 11 is 0. The van der Waals surface area contributed by atoms with Crippen LogP contribution >= 0.6 is 0 Å². The van der Waals surface area contributed by atoms with E-state index in [9.17, 15) is 4.79 Å². The monoisotopic (exact) mass is 374 g/mol. The van der Waals surface area contributed by atoms with E-state index < -0.39 is 0 Å². The Bertz CT molecular complexity index is 1160. The Labute approximate surface area is 171 Å². The summed E-state index contributed by atoms with van der Waals surface area (Å²) in [5.74, 6) is 0.127. The highest BCUT2D eigenvalue weighted by Crippen LogP contribution is 2.41. The molecule has 0 spiro atoms. The molecule has 29 heavy (non-hydrogen) atoms. The van der Waals surface area contributed by atoms with E-state index in [1.807, 2.05) is 48.5 Å². The average Bonchev–Trinajstić information content (AvgIpc) is 3.29. The summed E-state index contributed by atoms with van der Waals surface area (Å²) in [6.45, 7) is 0. The Balaban J connectivity index is 1.80. The molecule has 0 bridgehead atoms. The number of carbonyl (C=O) groups excluding carboxylic acids is 1. The van der Waals surface area contributed by atoms with E-state index in [0.29, 0.717) is 0 Å². The van der Waals surface area contributed by atoms with Crippen LogP contribution in [-0.2, 0) is 12.8 Å². The molecule has 0 heterocycles. The van der Waals surface area contributed by atoms with Gasteiger partial charge in [0.05, 0.1) is 0 Å². The lowest BCUT2D eigenvalue weighted by molar-refractivity contribution is 0.103. The zero-order valence-corrected chi connectivity index (χ0v) is 16.3. The molecule has 0 unspecified atom stereocenters.